The molecular formula is C20H19FN2O4S. The van der Waals surface area contributed by atoms with E-state index in [0.29, 0.717) is 43.9 Å². The van der Waals surface area contributed by atoms with Crippen LogP contribution in [0.4, 0.5) is 10.1 Å². The number of carbonyl (C=O) groups excluding carboxylic acids is 1. The lowest BCUT2D eigenvalue weighted by atomic mass is 10.2. The van der Waals surface area contributed by atoms with Crippen molar-refractivity contribution in [2.24, 2.45) is 5.92 Å². The van der Waals surface area contributed by atoms with Crippen molar-refractivity contribution in [3.63, 3.8) is 0 Å². The highest BCUT2D eigenvalue weighted by molar-refractivity contribution is 7.89. The van der Waals surface area contributed by atoms with E-state index >= 15 is 0 Å². The van der Waals surface area contributed by atoms with Gasteiger partial charge >= 0.3 is 0 Å². The number of ether oxygens (including phenoxy) is 1. The third-order valence-electron chi connectivity index (χ3n) is 5.92. The molecule has 0 radical (unpaired) electrons. The lowest BCUT2D eigenvalue weighted by Crippen LogP contribution is -2.47. The van der Waals surface area contributed by atoms with Gasteiger partial charge in [-0.25, -0.2) is 12.8 Å². The maximum atomic E-state index is 13.4. The minimum absolute atomic E-state index is 0.00593. The molecule has 2 fully saturated rings. The van der Waals surface area contributed by atoms with Crippen molar-refractivity contribution in [1.29, 1.82) is 0 Å². The number of fused-ring (bicyclic) bond motifs is 2. The van der Waals surface area contributed by atoms with E-state index in [1.54, 1.807) is 18.2 Å². The molecule has 0 spiro atoms. The van der Waals surface area contributed by atoms with Crippen LogP contribution in [0.3, 0.4) is 0 Å². The quantitative estimate of drug-likeness (QED) is 0.853. The highest BCUT2D eigenvalue weighted by Gasteiger charge is 2.70. The van der Waals surface area contributed by atoms with Crippen molar-refractivity contribution >= 4 is 21.6 Å². The summed E-state index contributed by atoms with van der Waals surface area (Å²) in [6, 6.07) is 10.5. The molecule has 0 aromatic heterocycles. The van der Waals surface area contributed by atoms with Crippen LogP contribution < -0.4 is 10.1 Å². The lowest BCUT2D eigenvalue weighted by molar-refractivity contribution is -0.120. The Morgan fingerprint density at radius 2 is 2.11 bits per heavy atom. The van der Waals surface area contributed by atoms with E-state index in [0.717, 1.165) is 5.56 Å². The third kappa shape index (κ3) is 2.55. The zero-order chi connectivity index (χ0) is 19.5. The van der Waals surface area contributed by atoms with Gasteiger partial charge in [0.25, 0.3) is 0 Å². The van der Waals surface area contributed by atoms with Crippen LogP contribution in [-0.4, -0.2) is 37.3 Å². The second kappa shape index (κ2) is 6.02. The highest BCUT2D eigenvalue weighted by atomic mass is 32.2. The summed E-state index contributed by atoms with van der Waals surface area (Å²) in [6.45, 7) is 0.849. The van der Waals surface area contributed by atoms with Gasteiger partial charge in [-0.2, -0.15) is 4.31 Å². The van der Waals surface area contributed by atoms with Gasteiger partial charge in [0.1, 0.15) is 17.1 Å². The van der Waals surface area contributed by atoms with Crippen LogP contribution in [-0.2, 0) is 21.2 Å². The van der Waals surface area contributed by atoms with Crippen molar-refractivity contribution in [1.82, 2.24) is 4.31 Å². The topological polar surface area (TPSA) is 75.7 Å². The van der Waals surface area contributed by atoms with Crippen molar-refractivity contribution in [3.8, 4) is 5.75 Å². The number of nitrogens with zero attached hydrogens (tertiary/aromatic N) is 1. The number of nitrogens with one attached hydrogen (secondary N) is 1. The van der Waals surface area contributed by atoms with Crippen molar-refractivity contribution < 1.29 is 22.3 Å². The van der Waals surface area contributed by atoms with E-state index in [1.165, 1.54) is 28.6 Å². The van der Waals surface area contributed by atoms with E-state index in [-0.39, 0.29) is 10.8 Å². The summed E-state index contributed by atoms with van der Waals surface area (Å²) >= 11 is 0. The summed E-state index contributed by atoms with van der Waals surface area (Å²) in [4.78, 5) is 13.2. The van der Waals surface area contributed by atoms with Gasteiger partial charge in [0.05, 0.1) is 11.5 Å². The molecule has 1 N–H and O–H groups in total. The molecule has 2 aromatic carbocycles. The molecule has 2 aliphatic heterocycles. The van der Waals surface area contributed by atoms with Crippen molar-refractivity contribution in [3.05, 3.63) is 53.8 Å². The predicted molar refractivity (Wildman–Crippen MR) is 100 cm³/mol. The second-order valence-corrected chi connectivity index (χ2v) is 9.39. The van der Waals surface area contributed by atoms with E-state index in [1.807, 2.05) is 0 Å². The molecule has 8 heteroatoms. The molecule has 6 nitrogen and oxygen atoms in total. The number of anilines is 1. The summed E-state index contributed by atoms with van der Waals surface area (Å²) in [5.41, 5.74) is 0.107. The Balaban J connectivity index is 1.45. The number of benzene rings is 2. The number of rotatable bonds is 4. The SMILES string of the molecule is O=C(Nc1cccc(F)c1)C12CC1CCN2S(=O)(=O)c1ccc2c(c1)CCO2. The fourth-order valence-electron chi connectivity index (χ4n) is 4.42. The number of hydrogen-bond donors (Lipinski definition) is 1. The average Bonchev–Trinajstić information content (AvgIpc) is 3.02. The fraction of sp³-hybridized carbons (Fsp3) is 0.350. The first-order chi connectivity index (χ1) is 13.4. The molecular weight excluding hydrogens is 383 g/mol. The van der Waals surface area contributed by atoms with Crippen LogP contribution in [0, 0.1) is 11.7 Å². The number of carbonyl (C=O) groups is 1. The molecule has 0 bridgehead atoms. The zero-order valence-corrected chi connectivity index (χ0v) is 15.8. The van der Waals surface area contributed by atoms with Crippen molar-refractivity contribution in [2.75, 3.05) is 18.5 Å². The predicted octanol–water partition coefficient (Wildman–Crippen LogP) is 2.55. The Morgan fingerprint density at radius 1 is 1.25 bits per heavy atom. The largest absolute Gasteiger partial charge is 0.493 e. The second-order valence-electron chi connectivity index (χ2n) is 7.52. The number of sulfonamides is 1. The molecule has 1 amide bonds. The molecule has 1 aliphatic carbocycles. The van der Waals surface area contributed by atoms with Crippen LogP contribution in [0.5, 0.6) is 5.75 Å². The van der Waals surface area contributed by atoms with Gasteiger partial charge in [0, 0.05) is 18.7 Å². The average molecular weight is 402 g/mol. The van der Waals surface area contributed by atoms with Crippen LogP contribution in [0.25, 0.3) is 0 Å². The maximum absolute atomic E-state index is 13.4. The van der Waals surface area contributed by atoms with Gasteiger partial charge in [-0.15, -0.1) is 0 Å². The van der Waals surface area contributed by atoms with Gasteiger partial charge in [0.15, 0.2) is 0 Å². The summed E-state index contributed by atoms with van der Waals surface area (Å²) in [7, 11) is -3.83. The van der Waals surface area contributed by atoms with Crippen LogP contribution >= 0.6 is 0 Å². The minimum Gasteiger partial charge on any atom is -0.493 e. The molecule has 2 unspecified atom stereocenters. The molecule has 1 saturated carbocycles. The van der Waals surface area contributed by atoms with Gasteiger partial charge in [-0.1, -0.05) is 6.07 Å². The minimum atomic E-state index is -3.83. The number of piperidine rings is 1. The number of amides is 1. The molecule has 3 aliphatic rings. The molecule has 2 atom stereocenters. The van der Waals surface area contributed by atoms with Crippen LogP contribution in [0.2, 0.25) is 0 Å². The molecule has 28 heavy (non-hydrogen) atoms. The summed E-state index contributed by atoms with van der Waals surface area (Å²) < 4.78 is 46.9. The zero-order valence-electron chi connectivity index (χ0n) is 15.0. The first-order valence-electron chi connectivity index (χ1n) is 9.27. The van der Waals surface area contributed by atoms with Crippen LogP contribution in [0.15, 0.2) is 47.4 Å². The summed E-state index contributed by atoms with van der Waals surface area (Å²) in [5.74, 6) is -0.149. The maximum Gasteiger partial charge on any atom is 0.246 e. The number of hydrogen-bond acceptors (Lipinski definition) is 4. The summed E-state index contributed by atoms with van der Waals surface area (Å²) in [6.07, 6.45) is 1.80. The smallest absolute Gasteiger partial charge is 0.246 e. The Hall–Kier alpha value is -2.45. The normalized spacial score (nSPS) is 25.7. The Morgan fingerprint density at radius 3 is 2.89 bits per heavy atom. The van der Waals surface area contributed by atoms with Gasteiger partial charge in [-0.3, -0.25) is 4.79 Å². The third-order valence-corrected chi connectivity index (χ3v) is 7.86. The van der Waals surface area contributed by atoms with Crippen molar-refractivity contribution in [2.45, 2.75) is 29.7 Å². The van der Waals surface area contributed by atoms with E-state index < -0.39 is 27.3 Å². The summed E-state index contributed by atoms with van der Waals surface area (Å²) in [5, 5.41) is 2.70. The Labute approximate surface area is 162 Å². The Kier molecular flexibility index (Phi) is 3.79. The van der Waals surface area contributed by atoms with Crippen LogP contribution in [0.1, 0.15) is 18.4 Å². The van der Waals surface area contributed by atoms with E-state index in [9.17, 15) is 17.6 Å². The fourth-order valence-corrected chi connectivity index (χ4v) is 6.28. The molecule has 146 valence electrons. The monoisotopic (exact) mass is 402 g/mol. The highest BCUT2D eigenvalue weighted by Crippen LogP contribution is 2.58. The first-order valence-corrected chi connectivity index (χ1v) is 10.7. The van der Waals surface area contributed by atoms with E-state index in [2.05, 4.69) is 5.32 Å². The lowest BCUT2D eigenvalue weighted by Gasteiger charge is -2.27. The van der Waals surface area contributed by atoms with E-state index in [4.69, 9.17) is 4.74 Å². The molecule has 5 rings (SSSR count). The number of halogens is 1. The van der Waals surface area contributed by atoms with Gasteiger partial charge in [0.2, 0.25) is 15.9 Å². The molecule has 2 aromatic rings. The Bertz CT molecular complexity index is 1090. The van der Waals surface area contributed by atoms with Gasteiger partial charge < -0.3 is 10.1 Å². The standard InChI is InChI=1S/C20H19FN2O4S/c21-15-2-1-3-16(11-15)22-19(24)20-12-14(20)6-8-23(20)28(25,26)17-4-5-18-13(10-17)7-9-27-18/h1-5,10-11,14H,6-9,12H2,(H,22,24). The molecule has 2 heterocycles. The first kappa shape index (κ1) is 17.6. The van der Waals surface area contributed by atoms with Gasteiger partial charge in [-0.05, 0) is 60.7 Å². The molecule has 1 saturated heterocycles.